The molecule has 10 heteroatoms. The number of hydrogen-bond donors (Lipinski definition) is 2. The van der Waals surface area contributed by atoms with Crippen molar-refractivity contribution in [3.63, 3.8) is 0 Å². The summed E-state index contributed by atoms with van der Waals surface area (Å²) in [6.45, 7) is -1.42. The Hall–Kier alpha value is -3.04. The molecule has 0 atom stereocenters. The van der Waals surface area contributed by atoms with Gasteiger partial charge in [-0.25, -0.2) is 0 Å². The fourth-order valence-electron chi connectivity index (χ4n) is 2.17. The van der Waals surface area contributed by atoms with E-state index in [4.69, 9.17) is 0 Å². The van der Waals surface area contributed by atoms with E-state index in [1.165, 1.54) is 24.3 Å². The van der Waals surface area contributed by atoms with Crippen LogP contribution in [0, 0.1) is 0 Å². The first kappa shape index (κ1) is 21.3. The summed E-state index contributed by atoms with van der Waals surface area (Å²) in [5.74, 6) is -1.44. The molecule has 0 aromatic heterocycles. The van der Waals surface area contributed by atoms with Crippen LogP contribution >= 0.6 is 0 Å². The van der Waals surface area contributed by atoms with E-state index in [2.05, 4.69) is 5.32 Å². The minimum atomic E-state index is -4.50. The predicted molar refractivity (Wildman–Crippen MR) is 88.6 cm³/mol. The van der Waals surface area contributed by atoms with Crippen LogP contribution in [0.25, 0.3) is 0 Å². The third-order valence-corrected chi connectivity index (χ3v) is 3.54. The van der Waals surface area contributed by atoms with Crippen molar-refractivity contribution in [2.24, 2.45) is 0 Å². The Bertz CT molecular complexity index is 827. The Labute approximate surface area is 155 Å². The van der Waals surface area contributed by atoms with Gasteiger partial charge >= 0.3 is 12.4 Å². The SMILES string of the molecule is O=C(Cc1ccc(NC(=O)c2ccc(C(F)(F)F)cc2)cc1)NCC(F)(F)F. The molecule has 150 valence electrons. The highest BCUT2D eigenvalue weighted by atomic mass is 19.4. The first-order valence-electron chi connectivity index (χ1n) is 7.85. The van der Waals surface area contributed by atoms with Gasteiger partial charge in [0.1, 0.15) is 6.54 Å². The lowest BCUT2D eigenvalue weighted by Crippen LogP contribution is -2.34. The van der Waals surface area contributed by atoms with Crippen LogP contribution < -0.4 is 10.6 Å². The highest BCUT2D eigenvalue weighted by Crippen LogP contribution is 2.29. The van der Waals surface area contributed by atoms with Crippen molar-refractivity contribution >= 4 is 17.5 Å². The van der Waals surface area contributed by atoms with Gasteiger partial charge < -0.3 is 10.6 Å². The topological polar surface area (TPSA) is 58.2 Å². The van der Waals surface area contributed by atoms with Crippen LogP contribution in [0.5, 0.6) is 0 Å². The largest absolute Gasteiger partial charge is 0.416 e. The van der Waals surface area contributed by atoms with Crippen molar-refractivity contribution in [1.82, 2.24) is 5.32 Å². The van der Waals surface area contributed by atoms with E-state index in [1.807, 2.05) is 0 Å². The van der Waals surface area contributed by atoms with Gasteiger partial charge in [0.05, 0.1) is 12.0 Å². The molecule has 0 heterocycles. The van der Waals surface area contributed by atoms with Crippen LogP contribution in [-0.2, 0) is 17.4 Å². The fourth-order valence-corrected chi connectivity index (χ4v) is 2.17. The van der Waals surface area contributed by atoms with E-state index in [1.54, 1.807) is 5.32 Å². The number of carbonyl (C=O) groups excluding carboxylic acids is 2. The number of amides is 2. The summed E-state index contributed by atoms with van der Waals surface area (Å²) < 4.78 is 73.7. The second kappa shape index (κ2) is 8.32. The van der Waals surface area contributed by atoms with Crippen molar-refractivity contribution in [3.8, 4) is 0 Å². The summed E-state index contributed by atoms with van der Waals surface area (Å²) >= 11 is 0. The van der Waals surface area contributed by atoms with Crippen LogP contribution in [0.1, 0.15) is 21.5 Å². The van der Waals surface area contributed by atoms with E-state index < -0.39 is 36.3 Å². The number of carbonyl (C=O) groups is 2. The van der Waals surface area contributed by atoms with Crippen LogP contribution in [0.15, 0.2) is 48.5 Å². The van der Waals surface area contributed by atoms with Gasteiger partial charge in [0, 0.05) is 11.3 Å². The number of benzene rings is 2. The molecule has 0 spiro atoms. The minimum absolute atomic E-state index is 0.0172. The Morgan fingerprint density at radius 1 is 0.821 bits per heavy atom. The molecule has 0 unspecified atom stereocenters. The minimum Gasteiger partial charge on any atom is -0.347 e. The normalized spacial score (nSPS) is 11.8. The zero-order chi connectivity index (χ0) is 20.9. The standard InChI is InChI=1S/C18H14F6N2O2/c19-17(20,21)10-25-15(27)9-11-1-7-14(8-2-11)26-16(28)12-3-5-13(6-4-12)18(22,23)24/h1-8H,9-10H2,(H,25,27)(H,26,28). The number of alkyl halides is 6. The van der Waals surface area contributed by atoms with Gasteiger partial charge in [-0.2, -0.15) is 26.3 Å². The lowest BCUT2D eigenvalue weighted by Gasteiger charge is -2.10. The van der Waals surface area contributed by atoms with E-state index >= 15 is 0 Å². The number of hydrogen-bond acceptors (Lipinski definition) is 2. The number of anilines is 1. The highest BCUT2D eigenvalue weighted by molar-refractivity contribution is 6.04. The summed E-state index contributed by atoms with van der Waals surface area (Å²) in [5, 5.41) is 4.21. The van der Waals surface area contributed by atoms with Gasteiger partial charge in [0.15, 0.2) is 0 Å². The molecule has 2 amide bonds. The average molecular weight is 404 g/mol. The van der Waals surface area contributed by atoms with E-state index in [9.17, 15) is 35.9 Å². The van der Waals surface area contributed by atoms with E-state index in [0.29, 0.717) is 11.3 Å². The summed E-state index contributed by atoms with van der Waals surface area (Å²) in [4.78, 5) is 23.5. The summed E-state index contributed by atoms with van der Waals surface area (Å²) in [6.07, 6.45) is -9.28. The molecule has 0 aliphatic carbocycles. The quantitative estimate of drug-likeness (QED) is 0.735. The molecule has 28 heavy (non-hydrogen) atoms. The molecule has 0 saturated heterocycles. The Kier molecular flexibility index (Phi) is 6.32. The van der Waals surface area contributed by atoms with Crippen molar-refractivity contribution in [2.75, 3.05) is 11.9 Å². The molecule has 2 rings (SSSR count). The maximum Gasteiger partial charge on any atom is 0.416 e. The average Bonchev–Trinajstić information content (AvgIpc) is 2.60. The second-order valence-corrected chi connectivity index (χ2v) is 5.79. The smallest absolute Gasteiger partial charge is 0.347 e. The van der Waals surface area contributed by atoms with Gasteiger partial charge in [-0.3, -0.25) is 9.59 Å². The van der Waals surface area contributed by atoms with Gasteiger partial charge in [0.2, 0.25) is 5.91 Å². The monoisotopic (exact) mass is 404 g/mol. The molecule has 4 nitrogen and oxygen atoms in total. The molecule has 0 radical (unpaired) electrons. The first-order valence-corrected chi connectivity index (χ1v) is 7.85. The van der Waals surface area contributed by atoms with Gasteiger partial charge in [0.25, 0.3) is 5.91 Å². The summed E-state index contributed by atoms with van der Waals surface area (Å²) in [6, 6.07) is 9.39. The predicted octanol–water partition coefficient (Wildman–Crippen LogP) is 4.18. The maximum atomic E-state index is 12.5. The zero-order valence-corrected chi connectivity index (χ0v) is 14.1. The summed E-state index contributed by atoms with van der Waals surface area (Å²) in [5.41, 5.74) is -0.127. The van der Waals surface area contributed by atoms with Crippen molar-refractivity contribution in [2.45, 2.75) is 18.8 Å². The lowest BCUT2D eigenvalue weighted by atomic mass is 10.1. The van der Waals surface area contributed by atoms with Crippen LogP contribution in [0.3, 0.4) is 0 Å². The molecule has 2 aromatic rings. The second-order valence-electron chi connectivity index (χ2n) is 5.79. The molecule has 0 fully saturated rings. The molecule has 0 bridgehead atoms. The molecule has 0 aliphatic heterocycles. The van der Waals surface area contributed by atoms with Crippen LogP contribution in [0.4, 0.5) is 32.0 Å². The van der Waals surface area contributed by atoms with Gasteiger partial charge in [-0.1, -0.05) is 12.1 Å². The number of nitrogens with one attached hydrogen (secondary N) is 2. The van der Waals surface area contributed by atoms with Crippen molar-refractivity contribution in [3.05, 3.63) is 65.2 Å². The number of rotatable bonds is 5. The fraction of sp³-hybridized carbons (Fsp3) is 0.222. The van der Waals surface area contributed by atoms with Crippen molar-refractivity contribution < 1.29 is 35.9 Å². The molecular formula is C18H14F6N2O2. The Morgan fingerprint density at radius 3 is 1.89 bits per heavy atom. The van der Waals surface area contributed by atoms with Gasteiger partial charge in [-0.15, -0.1) is 0 Å². The Balaban J connectivity index is 1.93. The first-order chi connectivity index (χ1) is 12.9. The third-order valence-electron chi connectivity index (χ3n) is 3.54. The molecule has 0 aliphatic rings. The Morgan fingerprint density at radius 2 is 1.39 bits per heavy atom. The number of halogens is 6. The van der Waals surface area contributed by atoms with Crippen LogP contribution in [0.2, 0.25) is 0 Å². The lowest BCUT2D eigenvalue weighted by molar-refractivity contribution is -0.138. The summed E-state index contributed by atoms with van der Waals surface area (Å²) in [7, 11) is 0. The molecular weight excluding hydrogens is 390 g/mol. The van der Waals surface area contributed by atoms with Crippen LogP contribution in [-0.4, -0.2) is 24.5 Å². The van der Waals surface area contributed by atoms with E-state index in [0.717, 1.165) is 24.3 Å². The molecule has 2 N–H and O–H groups in total. The van der Waals surface area contributed by atoms with Crippen molar-refractivity contribution in [1.29, 1.82) is 0 Å². The molecule has 0 saturated carbocycles. The zero-order valence-electron chi connectivity index (χ0n) is 14.1. The molecule has 2 aromatic carbocycles. The maximum absolute atomic E-state index is 12.5. The van der Waals surface area contributed by atoms with Gasteiger partial charge in [-0.05, 0) is 42.0 Å². The van der Waals surface area contributed by atoms with E-state index in [-0.39, 0.29) is 12.0 Å². The third kappa shape index (κ3) is 6.60. The highest BCUT2D eigenvalue weighted by Gasteiger charge is 2.30.